The summed E-state index contributed by atoms with van der Waals surface area (Å²) in [6, 6.07) is 11.6. The number of hydrogen-bond donors (Lipinski definition) is 0. The molecule has 0 saturated carbocycles. The van der Waals surface area contributed by atoms with Gasteiger partial charge in [0.1, 0.15) is 0 Å². The minimum atomic E-state index is -2.75. The number of nitrogens with zero attached hydrogens (tertiary/aromatic N) is 4. The molecule has 1 aliphatic heterocycles. The van der Waals surface area contributed by atoms with E-state index in [4.69, 9.17) is 4.98 Å². The van der Waals surface area contributed by atoms with Gasteiger partial charge in [0, 0.05) is 30.1 Å². The van der Waals surface area contributed by atoms with Crippen LogP contribution in [0.3, 0.4) is 0 Å². The summed E-state index contributed by atoms with van der Waals surface area (Å²) in [6.07, 6.45) is 2.58. The summed E-state index contributed by atoms with van der Waals surface area (Å²) in [4.78, 5) is 19.2. The van der Waals surface area contributed by atoms with Crippen LogP contribution in [-0.2, 0) is 5.41 Å². The number of alkyl halides is 2. The van der Waals surface area contributed by atoms with E-state index in [0.29, 0.717) is 17.8 Å². The molecule has 3 aromatic rings. The van der Waals surface area contributed by atoms with Gasteiger partial charge < -0.3 is 4.90 Å². The zero-order valence-electron chi connectivity index (χ0n) is 15.4. The molecule has 146 valence electrons. The molecule has 0 aliphatic carbocycles. The van der Waals surface area contributed by atoms with Gasteiger partial charge >= 0.3 is 6.55 Å². The summed E-state index contributed by atoms with van der Waals surface area (Å²) in [6.45, 7) is 0.282. The first-order valence-corrected chi connectivity index (χ1v) is 9.98. The highest BCUT2D eigenvalue weighted by atomic mass is 32.1. The Labute approximate surface area is 165 Å². The molecule has 0 N–H and O–H groups in total. The van der Waals surface area contributed by atoms with Crippen molar-refractivity contribution in [1.29, 1.82) is 0 Å². The number of halogens is 2. The molecule has 0 bridgehead atoms. The van der Waals surface area contributed by atoms with E-state index in [-0.39, 0.29) is 17.0 Å². The van der Waals surface area contributed by atoms with E-state index in [9.17, 15) is 13.6 Å². The molecule has 0 radical (unpaired) electrons. The molecule has 1 aromatic carbocycles. The molecule has 5 nitrogen and oxygen atoms in total. The number of aromatic nitrogens is 3. The second-order valence-electron chi connectivity index (χ2n) is 6.95. The van der Waals surface area contributed by atoms with Crippen molar-refractivity contribution in [1.82, 2.24) is 19.7 Å². The highest BCUT2D eigenvalue weighted by Crippen LogP contribution is 2.42. The van der Waals surface area contributed by atoms with Gasteiger partial charge in [0.2, 0.25) is 0 Å². The predicted molar refractivity (Wildman–Crippen MR) is 103 cm³/mol. The molecule has 4 rings (SSSR count). The average molecular weight is 402 g/mol. The van der Waals surface area contributed by atoms with Gasteiger partial charge in [-0.15, -0.1) is 11.3 Å². The molecule has 0 atom stereocenters. The van der Waals surface area contributed by atoms with E-state index >= 15 is 0 Å². The summed E-state index contributed by atoms with van der Waals surface area (Å²) in [7, 11) is 0. The van der Waals surface area contributed by atoms with Gasteiger partial charge in [0.15, 0.2) is 5.69 Å². The molecule has 8 heteroatoms. The quantitative estimate of drug-likeness (QED) is 0.655. The van der Waals surface area contributed by atoms with Crippen molar-refractivity contribution < 1.29 is 13.6 Å². The second kappa shape index (κ2) is 7.43. The summed E-state index contributed by atoms with van der Waals surface area (Å²) in [5.74, 6) is -0.310. The number of carbonyl (C=O) groups is 1. The van der Waals surface area contributed by atoms with Gasteiger partial charge in [0.05, 0.1) is 10.7 Å². The van der Waals surface area contributed by atoms with Crippen molar-refractivity contribution in [3.8, 4) is 0 Å². The molecule has 3 heterocycles. The molecule has 1 fully saturated rings. The summed E-state index contributed by atoms with van der Waals surface area (Å²) in [5, 5.41) is 6.82. The number of benzene rings is 1. The van der Waals surface area contributed by atoms with Crippen LogP contribution in [0, 0.1) is 6.92 Å². The normalized spacial score (nSPS) is 16.5. The third kappa shape index (κ3) is 3.32. The third-order valence-corrected chi connectivity index (χ3v) is 6.14. The standard InChI is InChI=1S/C20H20F2N4OS/c1-14-23-17(13-28-14)20(15-5-3-2-4-6-15)8-11-25(12-9-20)18(27)16-7-10-26(24-16)19(21)22/h2-7,10,13,19H,8-9,11-12H2,1H3. The Morgan fingerprint density at radius 2 is 1.89 bits per heavy atom. The van der Waals surface area contributed by atoms with Crippen molar-refractivity contribution in [2.24, 2.45) is 0 Å². The smallest absolute Gasteiger partial charge is 0.333 e. The maximum absolute atomic E-state index is 12.7. The Balaban J connectivity index is 1.58. The molecule has 1 saturated heterocycles. The first-order chi connectivity index (χ1) is 13.5. The number of thiazole rings is 1. The first kappa shape index (κ1) is 18.7. The number of carbonyl (C=O) groups excluding carboxylic acids is 1. The number of piperidine rings is 1. The lowest BCUT2D eigenvalue weighted by Crippen LogP contribution is -2.46. The van der Waals surface area contributed by atoms with Crippen molar-refractivity contribution in [3.63, 3.8) is 0 Å². The zero-order valence-corrected chi connectivity index (χ0v) is 16.2. The van der Waals surface area contributed by atoms with Crippen LogP contribution in [-0.4, -0.2) is 38.7 Å². The number of rotatable bonds is 4. The number of aryl methyl sites for hydroxylation is 1. The van der Waals surface area contributed by atoms with E-state index < -0.39 is 6.55 Å². The maximum Gasteiger partial charge on any atom is 0.333 e. The van der Waals surface area contributed by atoms with Crippen LogP contribution in [0.5, 0.6) is 0 Å². The third-order valence-electron chi connectivity index (χ3n) is 5.37. The van der Waals surface area contributed by atoms with E-state index in [2.05, 4.69) is 22.6 Å². The SMILES string of the molecule is Cc1nc(C2(c3ccccc3)CCN(C(=O)c3ccn(C(F)F)n3)CC2)cs1. The first-order valence-electron chi connectivity index (χ1n) is 9.10. The highest BCUT2D eigenvalue weighted by molar-refractivity contribution is 7.09. The minimum Gasteiger partial charge on any atom is -0.337 e. The molecule has 2 aromatic heterocycles. The fraction of sp³-hybridized carbons (Fsp3) is 0.350. The van der Waals surface area contributed by atoms with E-state index in [1.807, 2.05) is 25.1 Å². The van der Waals surface area contributed by atoms with Gasteiger partial charge in [0.25, 0.3) is 5.91 Å². The molecule has 1 aliphatic rings. The zero-order chi connectivity index (χ0) is 19.7. The Kier molecular flexibility index (Phi) is 4.97. The fourth-order valence-electron chi connectivity index (χ4n) is 3.85. The van der Waals surface area contributed by atoms with Crippen LogP contribution in [0.15, 0.2) is 48.0 Å². The van der Waals surface area contributed by atoms with Crippen LogP contribution in [0.25, 0.3) is 0 Å². The second-order valence-corrected chi connectivity index (χ2v) is 8.01. The van der Waals surface area contributed by atoms with E-state index in [0.717, 1.165) is 29.7 Å². The lowest BCUT2D eigenvalue weighted by Gasteiger charge is -2.41. The topological polar surface area (TPSA) is 51.0 Å². The number of likely N-dealkylation sites (tertiary alicyclic amines) is 1. The van der Waals surface area contributed by atoms with Crippen molar-refractivity contribution in [2.75, 3.05) is 13.1 Å². The number of amides is 1. The Bertz CT molecular complexity index is 962. The summed E-state index contributed by atoms with van der Waals surface area (Å²) >= 11 is 1.63. The van der Waals surface area contributed by atoms with Crippen LogP contribution >= 0.6 is 11.3 Å². The van der Waals surface area contributed by atoms with Crippen molar-refractivity contribution >= 4 is 17.2 Å². The monoisotopic (exact) mass is 402 g/mol. The molecule has 1 amide bonds. The molecular formula is C20H20F2N4OS. The minimum absolute atomic E-state index is 0.0528. The molecule has 28 heavy (non-hydrogen) atoms. The van der Waals surface area contributed by atoms with Crippen molar-refractivity contribution in [2.45, 2.75) is 31.7 Å². The Morgan fingerprint density at radius 1 is 1.18 bits per heavy atom. The molecule has 0 spiro atoms. The van der Waals surface area contributed by atoms with Crippen LogP contribution in [0.1, 0.15) is 46.1 Å². The van der Waals surface area contributed by atoms with Crippen molar-refractivity contribution in [3.05, 3.63) is 69.9 Å². The van der Waals surface area contributed by atoms with Gasteiger partial charge in [-0.1, -0.05) is 30.3 Å². The van der Waals surface area contributed by atoms with Crippen LogP contribution in [0.2, 0.25) is 0 Å². The van der Waals surface area contributed by atoms with E-state index in [1.54, 1.807) is 16.2 Å². The van der Waals surface area contributed by atoms with E-state index in [1.165, 1.54) is 11.6 Å². The van der Waals surface area contributed by atoms with Crippen LogP contribution in [0.4, 0.5) is 8.78 Å². The van der Waals surface area contributed by atoms with Gasteiger partial charge in [-0.05, 0) is 31.4 Å². The Hall–Kier alpha value is -2.61. The predicted octanol–water partition coefficient (Wildman–Crippen LogP) is 4.27. The van der Waals surface area contributed by atoms with Crippen LogP contribution < -0.4 is 0 Å². The molecule has 0 unspecified atom stereocenters. The lowest BCUT2D eigenvalue weighted by atomic mass is 9.70. The summed E-state index contributed by atoms with van der Waals surface area (Å²) < 4.78 is 26.0. The Morgan fingerprint density at radius 3 is 2.46 bits per heavy atom. The maximum atomic E-state index is 12.7. The highest BCUT2D eigenvalue weighted by Gasteiger charge is 2.41. The summed E-state index contributed by atoms with van der Waals surface area (Å²) in [5.41, 5.74) is 2.03. The number of hydrogen-bond acceptors (Lipinski definition) is 4. The molecular weight excluding hydrogens is 382 g/mol. The average Bonchev–Trinajstić information content (AvgIpc) is 3.38. The fourth-order valence-corrected chi connectivity index (χ4v) is 4.56. The largest absolute Gasteiger partial charge is 0.337 e. The van der Waals surface area contributed by atoms with Gasteiger partial charge in [-0.2, -0.15) is 13.9 Å². The van der Waals surface area contributed by atoms with Gasteiger partial charge in [-0.25, -0.2) is 9.67 Å². The lowest BCUT2D eigenvalue weighted by molar-refractivity contribution is 0.0544. The van der Waals surface area contributed by atoms with Gasteiger partial charge in [-0.3, -0.25) is 4.79 Å².